The zero-order valence-electron chi connectivity index (χ0n) is 13.0. The van der Waals surface area contributed by atoms with Crippen LogP contribution in [0.4, 0.5) is 0 Å². The first kappa shape index (κ1) is 15.0. The summed E-state index contributed by atoms with van der Waals surface area (Å²) in [6.07, 6.45) is 0. The minimum atomic E-state index is -1.16. The molecule has 0 aliphatic rings. The predicted octanol–water partition coefficient (Wildman–Crippen LogP) is 4.18. The molecule has 5 nitrogen and oxygen atoms in total. The van der Waals surface area contributed by atoms with Crippen molar-refractivity contribution in [1.82, 2.24) is 4.57 Å². The van der Waals surface area contributed by atoms with Crippen molar-refractivity contribution in [2.45, 2.75) is 0 Å². The van der Waals surface area contributed by atoms with E-state index in [0.717, 1.165) is 21.8 Å². The molecule has 0 fully saturated rings. The zero-order chi connectivity index (χ0) is 17.6. The van der Waals surface area contributed by atoms with Crippen LogP contribution in [-0.4, -0.2) is 26.7 Å². The Labute approximate surface area is 142 Å². The van der Waals surface area contributed by atoms with Gasteiger partial charge in [0.15, 0.2) is 0 Å². The SMILES string of the molecule is O=C(O)c1cc(C(=O)O)cc(-n2c3ccccc3c3ccccc32)c1. The van der Waals surface area contributed by atoms with E-state index in [2.05, 4.69) is 0 Å². The van der Waals surface area contributed by atoms with Crippen LogP contribution in [0.2, 0.25) is 0 Å². The van der Waals surface area contributed by atoms with E-state index in [-0.39, 0.29) is 11.1 Å². The maximum atomic E-state index is 11.4. The topological polar surface area (TPSA) is 79.5 Å². The smallest absolute Gasteiger partial charge is 0.335 e. The summed E-state index contributed by atoms with van der Waals surface area (Å²) in [6.45, 7) is 0. The molecule has 0 amide bonds. The van der Waals surface area contributed by atoms with Gasteiger partial charge in [0.05, 0.1) is 22.2 Å². The summed E-state index contributed by atoms with van der Waals surface area (Å²) in [5, 5.41) is 20.7. The van der Waals surface area contributed by atoms with E-state index >= 15 is 0 Å². The maximum Gasteiger partial charge on any atom is 0.335 e. The Bertz CT molecular complexity index is 1070. The fourth-order valence-corrected chi connectivity index (χ4v) is 3.19. The molecule has 5 heteroatoms. The molecule has 0 radical (unpaired) electrons. The summed E-state index contributed by atoms with van der Waals surface area (Å²) in [5.41, 5.74) is 2.17. The molecular formula is C20H13NO4. The molecule has 0 spiro atoms. The molecule has 0 saturated heterocycles. The van der Waals surface area contributed by atoms with Crippen molar-refractivity contribution in [3.8, 4) is 5.69 Å². The van der Waals surface area contributed by atoms with Crippen molar-refractivity contribution in [2.24, 2.45) is 0 Å². The normalized spacial score (nSPS) is 11.0. The average Bonchev–Trinajstić information content (AvgIpc) is 2.96. The molecule has 0 aliphatic carbocycles. The number of carbonyl (C=O) groups is 2. The van der Waals surface area contributed by atoms with Gasteiger partial charge in [-0.05, 0) is 30.3 Å². The molecular weight excluding hydrogens is 318 g/mol. The van der Waals surface area contributed by atoms with Crippen LogP contribution in [0.3, 0.4) is 0 Å². The fraction of sp³-hybridized carbons (Fsp3) is 0. The van der Waals surface area contributed by atoms with Crippen molar-refractivity contribution in [1.29, 1.82) is 0 Å². The van der Waals surface area contributed by atoms with E-state index in [1.165, 1.54) is 18.2 Å². The number of hydrogen-bond donors (Lipinski definition) is 2. The van der Waals surface area contributed by atoms with Crippen LogP contribution in [0, 0.1) is 0 Å². The summed E-state index contributed by atoms with van der Waals surface area (Å²) in [4.78, 5) is 22.8. The van der Waals surface area contributed by atoms with Crippen molar-refractivity contribution in [3.63, 3.8) is 0 Å². The van der Waals surface area contributed by atoms with Crippen molar-refractivity contribution in [3.05, 3.63) is 77.9 Å². The lowest BCUT2D eigenvalue weighted by Gasteiger charge is -2.10. The van der Waals surface area contributed by atoms with E-state index in [1.54, 1.807) is 0 Å². The third-order valence-corrected chi connectivity index (χ3v) is 4.25. The third-order valence-electron chi connectivity index (χ3n) is 4.25. The van der Waals surface area contributed by atoms with Crippen LogP contribution in [0.1, 0.15) is 20.7 Å². The number of aromatic nitrogens is 1. The second-order valence-corrected chi connectivity index (χ2v) is 5.75. The first-order valence-corrected chi connectivity index (χ1v) is 7.66. The minimum Gasteiger partial charge on any atom is -0.478 e. The molecule has 4 aromatic rings. The number of aromatic carboxylic acids is 2. The molecule has 122 valence electrons. The van der Waals surface area contributed by atoms with Gasteiger partial charge in [0.25, 0.3) is 0 Å². The highest BCUT2D eigenvalue weighted by Crippen LogP contribution is 2.32. The zero-order valence-corrected chi connectivity index (χ0v) is 13.0. The van der Waals surface area contributed by atoms with Crippen LogP contribution in [-0.2, 0) is 0 Å². The number of para-hydroxylation sites is 2. The lowest BCUT2D eigenvalue weighted by molar-refractivity contribution is 0.0696. The molecule has 0 saturated carbocycles. The summed E-state index contributed by atoms with van der Waals surface area (Å²) in [7, 11) is 0. The second kappa shape index (κ2) is 5.49. The predicted molar refractivity (Wildman–Crippen MR) is 94.7 cm³/mol. The molecule has 4 rings (SSSR count). The van der Waals surface area contributed by atoms with Gasteiger partial charge in [-0.15, -0.1) is 0 Å². The van der Waals surface area contributed by atoms with E-state index in [0.29, 0.717) is 5.69 Å². The van der Waals surface area contributed by atoms with Crippen molar-refractivity contribution < 1.29 is 19.8 Å². The van der Waals surface area contributed by atoms with Gasteiger partial charge in [-0.3, -0.25) is 0 Å². The summed E-state index contributed by atoms with van der Waals surface area (Å²) < 4.78 is 1.89. The van der Waals surface area contributed by atoms with Gasteiger partial charge < -0.3 is 14.8 Å². The van der Waals surface area contributed by atoms with E-state index in [1.807, 2.05) is 53.1 Å². The molecule has 25 heavy (non-hydrogen) atoms. The molecule has 1 aromatic heterocycles. The van der Waals surface area contributed by atoms with Crippen molar-refractivity contribution >= 4 is 33.7 Å². The molecule has 2 N–H and O–H groups in total. The van der Waals surface area contributed by atoms with Crippen LogP contribution in [0.25, 0.3) is 27.5 Å². The molecule has 0 bridgehead atoms. The molecule has 1 heterocycles. The molecule has 0 atom stereocenters. The van der Waals surface area contributed by atoms with Crippen LogP contribution < -0.4 is 0 Å². The quantitative estimate of drug-likeness (QED) is 0.590. The number of carboxylic acid groups (broad SMARTS) is 2. The Balaban J connectivity index is 2.14. The van der Waals surface area contributed by atoms with Crippen molar-refractivity contribution in [2.75, 3.05) is 0 Å². The summed E-state index contributed by atoms with van der Waals surface area (Å²) in [5.74, 6) is -2.32. The lowest BCUT2D eigenvalue weighted by Crippen LogP contribution is -2.05. The fourth-order valence-electron chi connectivity index (χ4n) is 3.19. The largest absolute Gasteiger partial charge is 0.478 e. The Morgan fingerprint density at radius 1 is 0.680 bits per heavy atom. The van der Waals surface area contributed by atoms with E-state index in [4.69, 9.17) is 0 Å². The monoisotopic (exact) mass is 331 g/mol. The number of fused-ring (bicyclic) bond motifs is 3. The van der Waals surface area contributed by atoms with Gasteiger partial charge in [-0.2, -0.15) is 0 Å². The molecule has 0 aliphatic heterocycles. The van der Waals surface area contributed by atoms with Gasteiger partial charge in [0, 0.05) is 16.5 Å². The Hall–Kier alpha value is -3.60. The van der Waals surface area contributed by atoms with Gasteiger partial charge in [0.1, 0.15) is 0 Å². The van der Waals surface area contributed by atoms with Gasteiger partial charge in [0.2, 0.25) is 0 Å². The molecule has 0 unspecified atom stereocenters. The summed E-state index contributed by atoms with van der Waals surface area (Å²) >= 11 is 0. The lowest BCUT2D eigenvalue weighted by atomic mass is 10.1. The Morgan fingerprint density at radius 3 is 1.56 bits per heavy atom. The Morgan fingerprint density at radius 2 is 1.12 bits per heavy atom. The van der Waals surface area contributed by atoms with Crippen LogP contribution in [0.15, 0.2) is 66.7 Å². The van der Waals surface area contributed by atoms with Gasteiger partial charge >= 0.3 is 11.9 Å². The van der Waals surface area contributed by atoms with Gasteiger partial charge in [-0.25, -0.2) is 9.59 Å². The highest BCUT2D eigenvalue weighted by atomic mass is 16.4. The van der Waals surface area contributed by atoms with Crippen LogP contribution >= 0.6 is 0 Å². The van der Waals surface area contributed by atoms with E-state index in [9.17, 15) is 19.8 Å². The number of nitrogens with zero attached hydrogens (tertiary/aromatic N) is 1. The Kier molecular flexibility index (Phi) is 3.28. The second-order valence-electron chi connectivity index (χ2n) is 5.75. The first-order valence-electron chi connectivity index (χ1n) is 7.66. The van der Waals surface area contributed by atoms with Crippen LogP contribution in [0.5, 0.6) is 0 Å². The number of hydrogen-bond acceptors (Lipinski definition) is 2. The highest BCUT2D eigenvalue weighted by molar-refractivity contribution is 6.09. The van der Waals surface area contributed by atoms with Gasteiger partial charge in [-0.1, -0.05) is 36.4 Å². The number of carboxylic acids is 2. The first-order chi connectivity index (χ1) is 12.1. The standard InChI is InChI=1S/C20H13NO4/c22-19(23)12-9-13(20(24)25)11-14(10-12)21-17-7-3-1-5-15(17)16-6-2-4-8-18(16)21/h1-11H,(H,22,23)(H,24,25). The number of rotatable bonds is 3. The minimum absolute atomic E-state index is 0.0586. The maximum absolute atomic E-state index is 11.4. The van der Waals surface area contributed by atoms with E-state index < -0.39 is 11.9 Å². The highest BCUT2D eigenvalue weighted by Gasteiger charge is 2.16. The third kappa shape index (κ3) is 2.33. The number of benzene rings is 3. The summed E-state index contributed by atoms with van der Waals surface area (Å²) in [6, 6.07) is 19.7. The average molecular weight is 331 g/mol. The molecule has 3 aromatic carbocycles.